The minimum absolute atomic E-state index is 0.0109. The molecule has 3 atom stereocenters. The Morgan fingerprint density at radius 2 is 1.87 bits per heavy atom. The minimum atomic E-state index is -0.688. The van der Waals surface area contributed by atoms with Crippen molar-refractivity contribution in [3.63, 3.8) is 0 Å². The van der Waals surface area contributed by atoms with Crippen LogP contribution in [-0.4, -0.2) is 57.7 Å². The first kappa shape index (κ1) is 25.7. The number of aryl methyl sites for hydroxylation is 2. The number of hydrogen-bond acceptors (Lipinski definition) is 6. The first-order valence-corrected chi connectivity index (χ1v) is 15.5. The highest BCUT2D eigenvalue weighted by Crippen LogP contribution is 2.48. The predicted octanol–water partition coefficient (Wildman–Crippen LogP) is 5.35. The van der Waals surface area contributed by atoms with Gasteiger partial charge >= 0.3 is 0 Å². The molecule has 0 bridgehead atoms. The summed E-state index contributed by atoms with van der Waals surface area (Å²) < 4.78 is 14.5. The molecular weight excluding hydrogens is 487 g/mol. The number of rotatable bonds is 4. The van der Waals surface area contributed by atoms with Crippen LogP contribution in [0.1, 0.15) is 100.0 Å². The van der Waals surface area contributed by atoms with E-state index in [1.165, 1.54) is 54.0 Å². The summed E-state index contributed by atoms with van der Waals surface area (Å²) in [5.74, 6) is 2.78. The molecule has 39 heavy (non-hydrogen) atoms. The highest BCUT2D eigenvalue weighted by Gasteiger charge is 2.48. The molecule has 0 aromatic carbocycles. The molecule has 3 saturated heterocycles. The number of hydrogen-bond donors (Lipinski definition) is 1. The van der Waals surface area contributed by atoms with Gasteiger partial charge in [0.05, 0.1) is 11.4 Å². The van der Waals surface area contributed by atoms with E-state index in [0.717, 1.165) is 76.8 Å². The van der Waals surface area contributed by atoms with Crippen molar-refractivity contribution in [1.82, 2.24) is 19.9 Å². The van der Waals surface area contributed by atoms with Crippen molar-refractivity contribution < 1.29 is 4.39 Å². The van der Waals surface area contributed by atoms with Crippen LogP contribution in [0.25, 0.3) is 0 Å². The van der Waals surface area contributed by atoms with E-state index in [1.54, 1.807) is 0 Å². The number of pyridine rings is 1. The molecule has 7 rings (SSSR count). The molecule has 5 heterocycles. The van der Waals surface area contributed by atoms with Crippen molar-refractivity contribution in [1.29, 1.82) is 0 Å². The van der Waals surface area contributed by atoms with E-state index in [9.17, 15) is 4.39 Å². The summed E-state index contributed by atoms with van der Waals surface area (Å²) in [7, 11) is 0. The number of nitrogens with zero attached hydrogens (tertiary/aromatic N) is 5. The van der Waals surface area contributed by atoms with Gasteiger partial charge in [-0.1, -0.05) is 19.9 Å². The van der Waals surface area contributed by atoms with Crippen LogP contribution in [-0.2, 0) is 31.1 Å². The molecular formula is C32H45FN6. The zero-order valence-corrected chi connectivity index (χ0v) is 23.9. The highest BCUT2D eigenvalue weighted by atomic mass is 19.1. The fourth-order valence-electron chi connectivity index (χ4n) is 8.99. The van der Waals surface area contributed by atoms with Gasteiger partial charge in [0.15, 0.2) is 0 Å². The first-order chi connectivity index (χ1) is 18.7. The molecule has 3 aliphatic heterocycles. The van der Waals surface area contributed by atoms with Crippen LogP contribution < -0.4 is 10.6 Å². The van der Waals surface area contributed by atoms with Crippen LogP contribution in [0.15, 0.2) is 12.1 Å². The lowest BCUT2D eigenvalue weighted by atomic mass is 9.64. The smallest absolute Gasteiger partial charge is 0.135 e. The monoisotopic (exact) mass is 532 g/mol. The van der Waals surface area contributed by atoms with Gasteiger partial charge in [-0.15, -0.1) is 0 Å². The van der Waals surface area contributed by atoms with Crippen molar-refractivity contribution in [2.75, 3.05) is 36.8 Å². The summed E-state index contributed by atoms with van der Waals surface area (Å²) in [5.41, 5.74) is 11.7. The van der Waals surface area contributed by atoms with E-state index in [4.69, 9.17) is 20.7 Å². The molecule has 3 unspecified atom stereocenters. The third kappa shape index (κ3) is 4.53. The summed E-state index contributed by atoms with van der Waals surface area (Å²) in [6, 6.07) is 4.16. The van der Waals surface area contributed by atoms with Gasteiger partial charge in [-0.25, -0.2) is 19.3 Å². The topological polar surface area (TPSA) is 71.2 Å². The third-order valence-electron chi connectivity index (χ3n) is 10.9. The normalized spacial score (nSPS) is 31.8. The Balaban J connectivity index is 1.25. The maximum absolute atomic E-state index is 14.5. The number of piperidine rings is 1. The third-order valence-corrected chi connectivity index (χ3v) is 10.9. The number of anilines is 2. The number of fused-ring (bicyclic) bond motifs is 4. The number of nitrogen functional groups attached to an aromatic ring is 1. The van der Waals surface area contributed by atoms with Crippen molar-refractivity contribution in [2.45, 2.75) is 114 Å². The molecule has 0 saturated carbocycles. The van der Waals surface area contributed by atoms with Crippen LogP contribution in [0, 0.1) is 5.41 Å². The molecule has 6 nitrogen and oxygen atoms in total. The fraction of sp³-hybridized carbons (Fsp3) is 0.719. The Kier molecular flexibility index (Phi) is 6.18. The lowest BCUT2D eigenvalue weighted by Crippen LogP contribution is -2.43. The van der Waals surface area contributed by atoms with Crippen molar-refractivity contribution >= 4 is 11.6 Å². The van der Waals surface area contributed by atoms with Gasteiger partial charge in [0.1, 0.15) is 23.6 Å². The molecule has 2 aromatic rings. The Bertz CT molecular complexity index is 1260. The SMILES string of the molecule is CC1(C)CCCN(c2nc(CCC34CCCN3CC(F)C4)nc3c2CCC2(CCCc4ccc(N)nc42)C3)C1. The van der Waals surface area contributed by atoms with Crippen LogP contribution in [0.2, 0.25) is 0 Å². The second-order valence-corrected chi connectivity index (χ2v) is 14.2. The average molecular weight is 533 g/mol. The molecule has 2 aromatic heterocycles. The summed E-state index contributed by atoms with van der Waals surface area (Å²) in [6.07, 6.45) is 13.0. The van der Waals surface area contributed by atoms with Gasteiger partial charge < -0.3 is 10.6 Å². The van der Waals surface area contributed by atoms with Gasteiger partial charge in [0.25, 0.3) is 0 Å². The zero-order chi connectivity index (χ0) is 26.8. The van der Waals surface area contributed by atoms with Gasteiger partial charge in [-0.2, -0.15) is 0 Å². The quantitative estimate of drug-likeness (QED) is 0.572. The summed E-state index contributed by atoms with van der Waals surface area (Å²) in [4.78, 5) is 20.6. The molecule has 3 fully saturated rings. The number of nitrogens with two attached hydrogens (primary N) is 1. The van der Waals surface area contributed by atoms with Gasteiger partial charge in [0.2, 0.25) is 0 Å². The Labute approximate surface area is 233 Å². The van der Waals surface area contributed by atoms with Crippen molar-refractivity contribution in [2.24, 2.45) is 5.41 Å². The van der Waals surface area contributed by atoms with Crippen LogP contribution in [0.4, 0.5) is 16.0 Å². The molecule has 0 radical (unpaired) electrons. The largest absolute Gasteiger partial charge is 0.384 e. The zero-order valence-electron chi connectivity index (χ0n) is 23.9. The number of aromatic nitrogens is 3. The average Bonchev–Trinajstić information content (AvgIpc) is 3.42. The molecule has 0 amide bonds. The predicted molar refractivity (Wildman–Crippen MR) is 154 cm³/mol. The summed E-state index contributed by atoms with van der Waals surface area (Å²) in [5, 5.41) is 0. The number of halogens is 1. The van der Waals surface area contributed by atoms with E-state index in [0.29, 0.717) is 24.2 Å². The van der Waals surface area contributed by atoms with E-state index < -0.39 is 6.17 Å². The van der Waals surface area contributed by atoms with Gasteiger partial charge in [0, 0.05) is 49.0 Å². The molecule has 2 aliphatic carbocycles. The summed E-state index contributed by atoms with van der Waals surface area (Å²) >= 11 is 0. The Morgan fingerprint density at radius 3 is 2.74 bits per heavy atom. The van der Waals surface area contributed by atoms with Crippen molar-refractivity contribution in [3.8, 4) is 0 Å². The minimum Gasteiger partial charge on any atom is -0.384 e. The van der Waals surface area contributed by atoms with Gasteiger partial charge in [-0.3, -0.25) is 4.90 Å². The maximum atomic E-state index is 14.5. The van der Waals surface area contributed by atoms with E-state index in [1.807, 2.05) is 6.07 Å². The maximum Gasteiger partial charge on any atom is 0.135 e. The standard InChI is InChI=1S/C32H45FN6/c1-30(2)11-4-16-38(21-30)29-24-9-14-31(12-3-6-22-7-8-26(34)36-28(22)31)19-25(24)35-27(37-29)10-15-32-13-5-17-39(32)20-23(33)18-32/h7-8,23H,3-6,9-21H2,1-2H3,(H2,34,36). The van der Waals surface area contributed by atoms with Crippen LogP contribution in [0.5, 0.6) is 0 Å². The van der Waals surface area contributed by atoms with E-state index in [-0.39, 0.29) is 11.0 Å². The van der Waals surface area contributed by atoms with E-state index >= 15 is 0 Å². The summed E-state index contributed by atoms with van der Waals surface area (Å²) in [6.45, 7) is 8.54. The second-order valence-electron chi connectivity index (χ2n) is 14.2. The number of alkyl halides is 1. The highest BCUT2D eigenvalue weighted by molar-refractivity contribution is 5.53. The molecule has 5 aliphatic rings. The first-order valence-electron chi connectivity index (χ1n) is 15.5. The second kappa shape index (κ2) is 9.39. The Hall–Kier alpha value is -2.28. The Morgan fingerprint density at radius 1 is 1.00 bits per heavy atom. The van der Waals surface area contributed by atoms with Gasteiger partial charge in [-0.05, 0) is 94.2 Å². The molecule has 1 spiro atoms. The molecule has 2 N–H and O–H groups in total. The van der Waals surface area contributed by atoms with E-state index in [2.05, 4.69) is 29.7 Å². The van der Waals surface area contributed by atoms with Crippen LogP contribution in [0.3, 0.4) is 0 Å². The van der Waals surface area contributed by atoms with Crippen LogP contribution >= 0.6 is 0 Å². The van der Waals surface area contributed by atoms with Crippen molar-refractivity contribution in [3.05, 3.63) is 40.5 Å². The molecule has 210 valence electrons. The lowest BCUT2D eigenvalue weighted by molar-refractivity contribution is 0.181. The molecule has 7 heteroatoms. The lowest BCUT2D eigenvalue weighted by Gasteiger charge is -2.44. The fourth-order valence-corrected chi connectivity index (χ4v) is 8.99.